The lowest BCUT2D eigenvalue weighted by Gasteiger charge is -2.67. The van der Waals surface area contributed by atoms with Crippen molar-refractivity contribution in [2.24, 2.45) is 57.2 Å². The molecule has 0 saturated heterocycles. The first kappa shape index (κ1) is 23.9. The average Bonchev–Trinajstić information content (AvgIpc) is 3.02. The van der Waals surface area contributed by atoms with Gasteiger partial charge in [0.25, 0.3) is 0 Å². The minimum Gasteiger partial charge on any atom is -0.0859 e. The largest absolute Gasteiger partial charge is 0.0859 e. The molecule has 8 atom stereocenters. The van der Waals surface area contributed by atoms with Crippen LogP contribution in [0.4, 0.5) is 0 Å². The van der Waals surface area contributed by atoms with Crippen molar-refractivity contribution < 1.29 is 0 Å². The molecule has 4 aliphatic carbocycles. The van der Waals surface area contributed by atoms with Crippen LogP contribution in [0.25, 0.3) is 0 Å². The Bertz CT molecular complexity index is 691. The first-order chi connectivity index (χ1) is 14.3. The van der Waals surface area contributed by atoms with E-state index in [0.717, 1.165) is 35.5 Å². The van der Waals surface area contributed by atoms with E-state index in [4.69, 9.17) is 0 Å². The van der Waals surface area contributed by atoms with Crippen LogP contribution in [0.3, 0.4) is 0 Å². The molecule has 0 aliphatic heterocycles. The molecule has 4 fully saturated rings. The van der Waals surface area contributed by atoms with Crippen LogP contribution in [-0.2, 0) is 0 Å². The highest BCUT2D eigenvalue weighted by Crippen LogP contribution is 2.72. The molecule has 0 amide bonds. The number of fused-ring (bicyclic) bond motifs is 5. The summed E-state index contributed by atoms with van der Waals surface area (Å²) in [6, 6.07) is 0. The average molecular weight is 427 g/mol. The molecule has 0 heteroatoms. The molecular weight excluding hydrogens is 372 g/mol. The molecule has 0 bridgehead atoms. The molecule has 0 radical (unpaired) electrons. The summed E-state index contributed by atoms with van der Waals surface area (Å²) in [5, 5.41) is 0. The summed E-state index contributed by atoms with van der Waals surface area (Å²) in [6.45, 7) is 23.0. The molecule has 0 heterocycles. The smallest absolute Gasteiger partial charge is 0.0261 e. The quantitative estimate of drug-likeness (QED) is 0.392. The number of rotatable bonds is 4. The molecule has 0 aromatic rings. The molecule has 0 N–H and O–H groups in total. The summed E-state index contributed by atoms with van der Waals surface area (Å²) >= 11 is 0. The Kier molecular flexibility index (Phi) is 6.09. The second kappa shape index (κ2) is 7.91. The molecule has 0 spiro atoms. The van der Waals surface area contributed by atoms with Gasteiger partial charge in [-0.25, -0.2) is 0 Å². The lowest BCUT2D eigenvalue weighted by Crippen LogP contribution is -2.59. The predicted molar refractivity (Wildman–Crippen MR) is 136 cm³/mol. The highest BCUT2D eigenvalue weighted by atomic mass is 14.7. The maximum atomic E-state index is 2.75. The fraction of sp³-hybridized carbons (Fsp3) is 0.935. The summed E-state index contributed by atoms with van der Waals surface area (Å²) in [5.41, 5.74) is 3.68. The fourth-order valence-corrected chi connectivity index (χ4v) is 10.2. The third kappa shape index (κ3) is 3.60. The van der Waals surface area contributed by atoms with Gasteiger partial charge in [-0.05, 0) is 135 Å². The van der Waals surface area contributed by atoms with Crippen molar-refractivity contribution in [3.63, 3.8) is 0 Å². The molecular formula is C31H54. The van der Waals surface area contributed by atoms with Crippen LogP contribution in [0.2, 0.25) is 0 Å². The molecule has 31 heavy (non-hydrogen) atoms. The van der Waals surface area contributed by atoms with Crippen molar-refractivity contribution >= 4 is 0 Å². The highest BCUT2D eigenvalue weighted by molar-refractivity contribution is 5.13. The Morgan fingerprint density at radius 3 is 2.16 bits per heavy atom. The van der Waals surface area contributed by atoms with Crippen LogP contribution in [0.1, 0.15) is 127 Å². The van der Waals surface area contributed by atoms with E-state index in [-0.39, 0.29) is 0 Å². The Hall–Kier alpha value is -0.260. The summed E-state index contributed by atoms with van der Waals surface area (Å²) in [7, 11) is 0. The second-order valence-corrected chi connectivity index (χ2v) is 14.7. The lowest BCUT2D eigenvalue weighted by molar-refractivity contribution is -0.182. The summed E-state index contributed by atoms with van der Waals surface area (Å²) < 4.78 is 0. The van der Waals surface area contributed by atoms with E-state index in [0.29, 0.717) is 21.7 Å². The molecule has 0 nitrogen and oxygen atoms in total. The van der Waals surface area contributed by atoms with Crippen LogP contribution in [0.5, 0.6) is 0 Å². The SMILES string of the molecule is CC(C)=CCCC(C)C1CCC2C3CCC4C(C)(CCC(C)(C)C4(C)C)C3CCC12C. The summed E-state index contributed by atoms with van der Waals surface area (Å²) in [4.78, 5) is 0. The van der Waals surface area contributed by atoms with Gasteiger partial charge in [0, 0.05) is 0 Å². The summed E-state index contributed by atoms with van der Waals surface area (Å²) in [5.74, 6) is 5.82. The van der Waals surface area contributed by atoms with Gasteiger partial charge in [0.15, 0.2) is 0 Å². The Balaban J connectivity index is 1.53. The second-order valence-electron chi connectivity index (χ2n) is 14.7. The van der Waals surface area contributed by atoms with Crippen LogP contribution in [0.15, 0.2) is 11.6 Å². The Morgan fingerprint density at radius 1 is 0.806 bits per heavy atom. The van der Waals surface area contributed by atoms with Crippen LogP contribution in [-0.4, -0.2) is 0 Å². The predicted octanol–water partition coefficient (Wildman–Crippen LogP) is 9.69. The van der Waals surface area contributed by atoms with Gasteiger partial charge in [0.2, 0.25) is 0 Å². The number of hydrogen-bond donors (Lipinski definition) is 0. The lowest BCUT2D eigenvalue weighted by atomic mass is 9.38. The van der Waals surface area contributed by atoms with E-state index in [1.54, 1.807) is 0 Å². The minimum absolute atomic E-state index is 0.476. The van der Waals surface area contributed by atoms with Crippen molar-refractivity contribution in [3.05, 3.63) is 11.6 Å². The van der Waals surface area contributed by atoms with Gasteiger partial charge in [-0.15, -0.1) is 0 Å². The van der Waals surface area contributed by atoms with E-state index in [1.165, 1.54) is 69.8 Å². The molecule has 0 aromatic heterocycles. The normalized spacial score (nSPS) is 46.4. The van der Waals surface area contributed by atoms with Gasteiger partial charge in [0.05, 0.1) is 0 Å². The number of hydrogen-bond acceptors (Lipinski definition) is 0. The van der Waals surface area contributed by atoms with Crippen LogP contribution in [0, 0.1) is 57.2 Å². The van der Waals surface area contributed by atoms with Crippen molar-refractivity contribution in [2.75, 3.05) is 0 Å². The molecule has 4 aliphatic rings. The highest BCUT2D eigenvalue weighted by Gasteiger charge is 2.64. The van der Waals surface area contributed by atoms with Crippen LogP contribution < -0.4 is 0 Å². The molecule has 4 rings (SSSR count). The van der Waals surface area contributed by atoms with E-state index in [2.05, 4.69) is 68.4 Å². The van der Waals surface area contributed by atoms with E-state index >= 15 is 0 Å². The van der Waals surface area contributed by atoms with Crippen molar-refractivity contribution in [2.45, 2.75) is 127 Å². The van der Waals surface area contributed by atoms with Gasteiger partial charge in [0.1, 0.15) is 0 Å². The van der Waals surface area contributed by atoms with Crippen molar-refractivity contribution in [1.29, 1.82) is 0 Å². The standard InChI is InChI=1S/C31H54/c1-21(2)11-10-12-22(3)24-14-15-25-23-13-16-27-29(6,7)28(4,5)19-20-31(27,9)26(23)17-18-30(24,25)8/h11,22-27H,10,12-20H2,1-9H3. The molecule has 4 saturated carbocycles. The van der Waals surface area contributed by atoms with Gasteiger partial charge in [-0.2, -0.15) is 0 Å². The Morgan fingerprint density at radius 2 is 1.48 bits per heavy atom. The first-order valence-corrected chi connectivity index (χ1v) is 14.0. The van der Waals surface area contributed by atoms with Crippen LogP contribution >= 0.6 is 0 Å². The van der Waals surface area contributed by atoms with Crippen molar-refractivity contribution in [3.8, 4) is 0 Å². The third-order valence-electron chi connectivity index (χ3n) is 12.7. The summed E-state index contributed by atoms with van der Waals surface area (Å²) in [6.07, 6.45) is 17.2. The zero-order valence-corrected chi connectivity index (χ0v) is 22.6. The first-order valence-electron chi connectivity index (χ1n) is 14.0. The minimum atomic E-state index is 0.476. The maximum absolute atomic E-state index is 2.75. The van der Waals surface area contributed by atoms with Gasteiger partial charge in [-0.3, -0.25) is 0 Å². The van der Waals surface area contributed by atoms with E-state index in [1.807, 2.05) is 0 Å². The third-order valence-corrected chi connectivity index (χ3v) is 12.7. The Labute approximate surface area is 195 Å². The molecule has 8 unspecified atom stereocenters. The zero-order valence-electron chi connectivity index (χ0n) is 22.6. The molecule has 0 aromatic carbocycles. The van der Waals surface area contributed by atoms with Gasteiger partial charge < -0.3 is 0 Å². The fourth-order valence-electron chi connectivity index (χ4n) is 10.2. The number of allylic oxidation sites excluding steroid dienone is 2. The monoisotopic (exact) mass is 426 g/mol. The molecule has 178 valence electrons. The van der Waals surface area contributed by atoms with Gasteiger partial charge >= 0.3 is 0 Å². The van der Waals surface area contributed by atoms with Gasteiger partial charge in [-0.1, -0.05) is 60.1 Å². The van der Waals surface area contributed by atoms with E-state index < -0.39 is 0 Å². The van der Waals surface area contributed by atoms with Crippen molar-refractivity contribution in [1.82, 2.24) is 0 Å². The maximum Gasteiger partial charge on any atom is -0.0261 e. The topological polar surface area (TPSA) is 0 Å². The van der Waals surface area contributed by atoms with E-state index in [9.17, 15) is 0 Å². The zero-order chi connectivity index (χ0) is 22.8.